The maximum Gasteiger partial charge on any atom is 0.0540 e. The second-order valence-corrected chi connectivity index (χ2v) is 15.7. The Morgan fingerprint density at radius 1 is 0.340 bits per heavy atom. The molecule has 248 valence electrons. The molecule has 2 aromatic heterocycles. The number of para-hydroxylation sites is 1. The van der Waals surface area contributed by atoms with Crippen molar-refractivity contribution in [3.8, 4) is 22.3 Å². The van der Waals surface area contributed by atoms with Crippen LogP contribution in [0.4, 0.5) is 17.1 Å². The molecule has 0 N–H and O–H groups in total. The van der Waals surface area contributed by atoms with Crippen molar-refractivity contribution in [2.24, 2.45) is 0 Å². The molecule has 2 heterocycles. The molecule has 0 aliphatic heterocycles. The third-order valence-electron chi connectivity index (χ3n) is 10.6. The lowest BCUT2D eigenvalue weighted by atomic mass is 9.91. The van der Waals surface area contributed by atoms with E-state index in [1.165, 1.54) is 89.8 Å². The maximum absolute atomic E-state index is 2.47. The van der Waals surface area contributed by atoms with Crippen LogP contribution in [0.5, 0.6) is 0 Å². The summed E-state index contributed by atoms with van der Waals surface area (Å²) in [4.78, 5) is 2.40. The molecule has 53 heavy (non-hydrogen) atoms. The van der Waals surface area contributed by atoms with E-state index in [0.29, 0.717) is 0 Å². The van der Waals surface area contributed by atoms with Gasteiger partial charge in [-0.05, 0) is 69.9 Å². The van der Waals surface area contributed by atoms with Crippen LogP contribution in [-0.2, 0) is 0 Å². The fourth-order valence-electron chi connectivity index (χ4n) is 8.25. The third-order valence-corrected chi connectivity index (χ3v) is 13.0. The van der Waals surface area contributed by atoms with Crippen LogP contribution in [0, 0.1) is 0 Å². The van der Waals surface area contributed by atoms with Gasteiger partial charge < -0.3 is 4.90 Å². The van der Waals surface area contributed by atoms with E-state index in [1.54, 1.807) is 0 Å². The van der Waals surface area contributed by atoms with Gasteiger partial charge in [-0.15, -0.1) is 22.7 Å². The summed E-state index contributed by atoms with van der Waals surface area (Å²) >= 11 is 3.81. The molecule has 0 bridgehead atoms. The van der Waals surface area contributed by atoms with Crippen molar-refractivity contribution in [1.82, 2.24) is 0 Å². The molecule has 0 aliphatic rings. The van der Waals surface area contributed by atoms with E-state index in [9.17, 15) is 0 Å². The maximum atomic E-state index is 2.47. The lowest BCUT2D eigenvalue weighted by Gasteiger charge is -2.27. The second-order valence-electron chi connectivity index (χ2n) is 13.6. The average molecular weight is 710 g/mol. The molecule has 0 radical (unpaired) electrons. The fraction of sp³-hybridized carbons (Fsp3) is 0. The predicted molar refractivity (Wildman–Crippen MR) is 233 cm³/mol. The van der Waals surface area contributed by atoms with Crippen LogP contribution < -0.4 is 4.90 Å². The van der Waals surface area contributed by atoms with Gasteiger partial charge in [0.15, 0.2) is 0 Å². The van der Waals surface area contributed by atoms with Gasteiger partial charge >= 0.3 is 0 Å². The van der Waals surface area contributed by atoms with Crippen LogP contribution in [-0.4, -0.2) is 0 Å². The Bertz CT molecular complexity index is 3170. The molecule has 9 aromatic carbocycles. The van der Waals surface area contributed by atoms with Gasteiger partial charge in [-0.3, -0.25) is 0 Å². The van der Waals surface area contributed by atoms with Crippen LogP contribution in [0.15, 0.2) is 188 Å². The molecule has 1 nitrogen and oxygen atoms in total. The summed E-state index contributed by atoms with van der Waals surface area (Å²) in [5.41, 5.74) is 8.59. The number of benzene rings is 9. The number of rotatable bonds is 5. The molecule has 0 atom stereocenters. The molecule has 0 saturated carbocycles. The van der Waals surface area contributed by atoms with Gasteiger partial charge in [-0.25, -0.2) is 0 Å². The zero-order chi connectivity index (χ0) is 34.9. The summed E-state index contributed by atoms with van der Waals surface area (Å²) in [5, 5.41) is 10.3. The highest BCUT2D eigenvalue weighted by Crippen LogP contribution is 2.49. The molecule has 0 spiro atoms. The Hall–Kier alpha value is -6.26. The molecular weight excluding hydrogens is 679 g/mol. The van der Waals surface area contributed by atoms with Gasteiger partial charge in [0, 0.05) is 68.1 Å². The number of nitrogens with zero attached hydrogens (tertiary/aromatic N) is 1. The van der Waals surface area contributed by atoms with Crippen LogP contribution in [0.25, 0.3) is 84.1 Å². The van der Waals surface area contributed by atoms with Gasteiger partial charge in [-0.1, -0.05) is 146 Å². The summed E-state index contributed by atoms with van der Waals surface area (Å²) in [7, 11) is 0. The lowest BCUT2D eigenvalue weighted by molar-refractivity contribution is 1.30. The number of anilines is 3. The zero-order valence-corrected chi connectivity index (χ0v) is 30.3. The molecule has 0 saturated heterocycles. The minimum Gasteiger partial charge on any atom is -0.310 e. The largest absolute Gasteiger partial charge is 0.310 e. The van der Waals surface area contributed by atoms with Crippen LogP contribution in [0.1, 0.15) is 0 Å². The average Bonchev–Trinajstić information content (AvgIpc) is 3.80. The number of thiophene rings is 2. The predicted octanol–water partition coefficient (Wildman–Crippen LogP) is 15.5. The van der Waals surface area contributed by atoms with E-state index in [1.807, 2.05) is 22.7 Å². The SMILES string of the molecule is c1ccc(-c2ccc(-c3cc4c5ccc(N(c6ccccc6)c6cccc7ccccc67)cc5sc4c4ccccc34)c3sc4ccccc4c23)cc1. The summed E-state index contributed by atoms with van der Waals surface area (Å²) < 4.78 is 5.28. The van der Waals surface area contributed by atoms with Crippen molar-refractivity contribution in [2.45, 2.75) is 0 Å². The van der Waals surface area contributed by atoms with E-state index in [4.69, 9.17) is 0 Å². The molecule has 11 aromatic rings. The summed E-state index contributed by atoms with van der Waals surface area (Å²) in [6, 6.07) is 68.9. The number of hydrogen-bond donors (Lipinski definition) is 0. The quantitative estimate of drug-likeness (QED) is 0.172. The Balaban J connectivity index is 1.15. The molecule has 0 unspecified atom stereocenters. The van der Waals surface area contributed by atoms with Crippen molar-refractivity contribution >= 4 is 102 Å². The molecule has 0 amide bonds. The third kappa shape index (κ3) is 4.82. The van der Waals surface area contributed by atoms with Gasteiger partial charge in [-0.2, -0.15) is 0 Å². The van der Waals surface area contributed by atoms with Crippen molar-refractivity contribution in [3.05, 3.63) is 188 Å². The van der Waals surface area contributed by atoms with Crippen molar-refractivity contribution in [2.75, 3.05) is 4.90 Å². The number of fused-ring (bicyclic) bond motifs is 9. The minimum absolute atomic E-state index is 1.14. The number of hydrogen-bond acceptors (Lipinski definition) is 3. The smallest absolute Gasteiger partial charge is 0.0540 e. The van der Waals surface area contributed by atoms with E-state index >= 15 is 0 Å². The molecule has 11 rings (SSSR count). The molecule has 0 aliphatic carbocycles. The van der Waals surface area contributed by atoms with Gasteiger partial charge in [0.2, 0.25) is 0 Å². The minimum atomic E-state index is 1.14. The zero-order valence-electron chi connectivity index (χ0n) is 28.7. The Morgan fingerprint density at radius 3 is 1.85 bits per heavy atom. The van der Waals surface area contributed by atoms with E-state index < -0.39 is 0 Å². The topological polar surface area (TPSA) is 3.24 Å². The van der Waals surface area contributed by atoms with E-state index in [-0.39, 0.29) is 0 Å². The summed E-state index contributed by atoms with van der Waals surface area (Å²) in [6.45, 7) is 0. The normalized spacial score (nSPS) is 11.8. The van der Waals surface area contributed by atoms with Crippen molar-refractivity contribution < 1.29 is 0 Å². The molecule has 0 fully saturated rings. The highest BCUT2D eigenvalue weighted by molar-refractivity contribution is 7.27. The highest BCUT2D eigenvalue weighted by Gasteiger charge is 2.21. The van der Waals surface area contributed by atoms with Gasteiger partial charge in [0.25, 0.3) is 0 Å². The second kappa shape index (κ2) is 12.2. The molecule has 3 heteroatoms. The van der Waals surface area contributed by atoms with E-state index in [2.05, 4.69) is 193 Å². The first-order valence-corrected chi connectivity index (χ1v) is 19.6. The van der Waals surface area contributed by atoms with Crippen LogP contribution in [0.3, 0.4) is 0 Å². The molecular formula is C50H31NS2. The first-order chi connectivity index (χ1) is 26.3. The van der Waals surface area contributed by atoms with Gasteiger partial charge in [0.1, 0.15) is 0 Å². The van der Waals surface area contributed by atoms with Crippen LogP contribution in [0.2, 0.25) is 0 Å². The highest BCUT2D eigenvalue weighted by atomic mass is 32.1. The van der Waals surface area contributed by atoms with Crippen molar-refractivity contribution in [1.29, 1.82) is 0 Å². The Kier molecular flexibility index (Phi) is 6.97. The monoisotopic (exact) mass is 709 g/mol. The Labute approximate surface area is 315 Å². The summed E-state index contributed by atoms with van der Waals surface area (Å²) in [5.74, 6) is 0. The first kappa shape index (κ1) is 30.4. The van der Waals surface area contributed by atoms with Crippen molar-refractivity contribution in [3.63, 3.8) is 0 Å². The summed E-state index contributed by atoms with van der Waals surface area (Å²) in [6.07, 6.45) is 0. The lowest BCUT2D eigenvalue weighted by Crippen LogP contribution is -2.10. The Morgan fingerprint density at radius 2 is 1.00 bits per heavy atom. The van der Waals surface area contributed by atoms with Gasteiger partial charge in [0.05, 0.1) is 5.69 Å². The fourth-order valence-corrected chi connectivity index (χ4v) is 10.8. The standard InChI is InChI=1S/C50H31NS2/c1-3-14-33(15-4-1)37-28-29-41(50-48(37)42-23-11-12-25-46(42)52-50)43-31-44-39-27-26-35(30-47(39)53-49(44)40-22-10-9-21-38(40)43)51(34-18-5-2-6-19-34)45-24-13-17-32-16-7-8-20-36(32)45/h1-31H. The van der Waals surface area contributed by atoms with Crippen LogP contribution >= 0.6 is 22.7 Å². The van der Waals surface area contributed by atoms with E-state index in [0.717, 1.165) is 11.4 Å². The first-order valence-electron chi connectivity index (χ1n) is 18.0.